The maximum atomic E-state index is 12.0. The van der Waals surface area contributed by atoms with Crippen molar-refractivity contribution in [2.45, 2.75) is 6.04 Å². The molecule has 0 spiro atoms. The largest absolute Gasteiger partial charge is 0.482 e. The fourth-order valence-corrected chi connectivity index (χ4v) is 2.44. The van der Waals surface area contributed by atoms with Crippen molar-refractivity contribution in [3.05, 3.63) is 65.7 Å². The molecular formula is C19H22N3O2+. The van der Waals surface area contributed by atoms with Gasteiger partial charge in [0.1, 0.15) is 17.9 Å². The maximum Gasteiger partial charge on any atom is 0.258 e. The van der Waals surface area contributed by atoms with Crippen LogP contribution in [0, 0.1) is 11.3 Å². The first-order chi connectivity index (χ1) is 11.6. The third-order valence-corrected chi connectivity index (χ3v) is 3.77. The molecule has 124 valence electrons. The highest BCUT2D eigenvalue weighted by molar-refractivity contribution is 5.77. The molecule has 2 aromatic rings. The van der Waals surface area contributed by atoms with E-state index in [0.29, 0.717) is 17.9 Å². The number of nitrogens with one attached hydrogen (secondary N) is 2. The summed E-state index contributed by atoms with van der Waals surface area (Å²) < 4.78 is 5.45. The van der Waals surface area contributed by atoms with Crippen LogP contribution in [0.15, 0.2) is 54.6 Å². The molecule has 0 saturated carbocycles. The number of likely N-dealkylation sites (N-methyl/N-ethyl adjacent to an activating group) is 1. The summed E-state index contributed by atoms with van der Waals surface area (Å²) in [6, 6.07) is 19.2. The molecular weight excluding hydrogens is 302 g/mol. The Balaban J connectivity index is 1.89. The summed E-state index contributed by atoms with van der Waals surface area (Å²) in [5.74, 6) is 0.220. The molecule has 0 saturated heterocycles. The number of para-hydroxylation sites is 1. The van der Waals surface area contributed by atoms with E-state index in [4.69, 9.17) is 10.00 Å². The topological polar surface area (TPSA) is 66.6 Å². The Bertz CT molecular complexity index is 708. The first-order valence-corrected chi connectivity index (χ1v) is 7.85. The molecule has 2 rings (SSSR count). The Morgan fingerprint density at radius 1 is 1.17 bits per heavy atom. The van der Waals surface area contributed by atoms with Gasteiger partial charge in [-0.25, -0.2) is 0 Å². The number of benzene rings is 2. The molecule has 2 N–H and O–H groups in total. The van der Waals surface area contributed by atoms with E-state index in [1.54, 1.807) is 24.3 Å². The lowest BCUT2D eigenvalue weighted by Crippen LogP contribution is -3.07. The van der Waals surface area contributed by atoms with Gasteiger partial charge in [-0.2, -0.15) is 5.26 Å². The van der Waals surface area contributed by atoms with Crippen molar-refractivity contribution in [2.24, 2.45) is 0 Å². The number of carbonyl (C=O) groups is 1. The van der Waals surface area contributed by atoms with E-state index in [1.165, 1.54) is 10.5 Å². The smallest absolute Gasteiger partial charge is 0.258 e. The Morgan fingerprint density at radius 3 is 2.50 bits per heavy atom. The average molecular weight is 324 g/mol. The minimum atomic E-state index is -0.204. The fourth-order valence-electron chi connectivity index (χ4n) is 2.44. The Hall–Kier alpha value is -2.84. The molecule has 5 nitrogen and oxygen atoms in total. The van der Waals surface area contributed by atoms with Gasteiger partial charge < -0.3 is 15.0 Å². The lowest BCUT2D eigenvalue weighted by molar-refractivity contribution is -0.890. The van der Waals surface area contributed by atoms with E-state index < -0.39 is 0 Å². The minimum Gasteiger partial charge on any atom is -0.482 e. The van der Waals surface area contributed by atoms with Crippen LogP contribution in [0.4, 0.5) is 0 Å². The van der Waals surface area contributed by atoms with Crippen molar-refractivity contribution in [3.63, 3.8) is 0 Å². The monoisotopic (exact) mass is 324 g/mol. The van der Waals surface area contributed by atoms with Crippen LogP contribution in [-0.4, -0.2) is 33.2 Å². The van der Waals surface area contributed by atoms with Gasteiger partial charge in [0, 0.05) is 5.56 Å². The van der Waals surface area contributed by atoms with Gasteiger partial charge in [-0.3, -0.25) is 4.79 Å². The Morgan fingerprint density at radius 2 is 1.83 bits per heavy atom. The molecule has 0 aliphatic rings. The molecule has 1 atom stereocenters. The van der Waals surface area contributed by atoms with E-state index in [1.807, 2.05) is 24.3 Å². The summed E-state index contributed by atoms with van der Waals surface area (Å²) in [5, 5.41) is 11.9. The van der Waals surface area contributed by atoms with E-state index in [9.17, 15) is 4.79 Å². The van der Waals surface area contributed by atoms with Crippen molar-refractivity contribution in [3.8, 4) is 11.8 Å². The normalized spacial score (nSPS) is 11.6. The molecule has 0 aromatic heterocycles. The summed E-state index contributed by atoms with van der Waals surface area (Å²) in [6.45, 7) is 0.414. The average Bonchev–Trinajstić information content (AvgIpc) is 2.61. The molecule has 0 aliphatic heterocycles. The summed E-state index contributed by atoms with van der Waals surface area (Å²) in [6.07, 6.45) is 0. The standard InChI is InChI=1S/C19H21N3O2/c1-22(2)17(15-8-4-3-5-9-15)13-21-19(23)14-24-18-11-7-6-10-16(18)12-20/h3-11,17H,13-14H2,1-2H3,(H,21,23)/p+1/t17-/m1/s1. The zero-order chi connectivity index (χ0) is 17.4. The van der Waals surface area contributed by atoms with Crippen molar-refractivity contribution in [1.29, 1.82) is 5.26 Å². The van der Waals surface area contributed by atoms with Crippen molar-refractivity contribution in [2.75, 3.05) is 27.2 Å². The first-order valence-electron chi connectivity index (χ1n) is 7.85. The van der Waals surface area contributed by atoms with E-state index in [0.717, 1.165) is 0 Å². The molecule has 1 amide bonds. The van der Waals surface area contributed by atoms with Crippen LogP contribution in [0.1, 0.15) is 17.2 Å². The number of hydrogen-bond acceptors (Lipinski definition) is 3. The molecule has 0 bridgehead atoms. The van der Waals surface area contributed by atoms with E-state index in [-0.39, 0.29) is 18.6 Å². The summed E-state index contributed by atoms with van der Waals surface area (Å²) in [7, 11) is 4.12. The Labute approximate surface area is 142 Å². The predicted octanol–water partition coefficient (Wildman–Crippen LogP) is 0.939. The van der Waals surface area contributed by atoms with Crippen LogP contribution in [0.3, 0.4) is 0 Å². The van der Waals surface area contributed by atoms with Crippen LogP contribution >= 0.6 is 0 Å². The fraction of sp³-hybridized carbons (Fsp3) is 0.263. The number of ether oxygens (including phenoxy) is 1. The SMILES string of the molecule is C[NH+](C)[C@H](CNC(=O)COc1ccccc1C#N)c1ccccc1. The quantitative estimate of drug-likeness (QED) is 0.796. The van der Waals surface area contributed by atoms with Crippen molar-refractivity contribution >= 4 is 5.91 Å². The van der Waals surface area contributed by atoms with Crippen LogP contribution in [0.5, 0.6) is 5.75 Å². The molecule has 0 aliphatic carbocycles. The van der Waals surface area contributed by atoms with Gasteiger partial charge >= 0.3 is 0 Å². The van der Waals surface area contributed by atoms with Crippen LogP contribution in [0.2, 0.25) is 0 Å². The maximum absolute atomic E-state index is 12.0. The zero-order valence-corrected chi connectivity index (χ0v) is 14.0. The number of nitrogens with zero attached hydrogens (tertiary/aromatic N) is 1. The number of nitriles is 1. The second-order valence-corrected chi connectivity index (χ2v) is 5.74. The number of rotatable bonds is 7. The molecule has 2 aromatic carbocycles. The molecule has 0 radical (unpaired) electrons. The third kappa shape index (κ3) is 4.83. The van der Waals surface area contributed by atoms with Gasteiger partial charge in [0.15, 0.2) is 6.61 Å². The van der Waals surface area contributed by atoms with E-state index >= 15 is 0 Å². The highest BCUT2D eigenvalue weighted by Crippen LogP contribution is 2.16. The minimum absolute atomic E-state index is 0.108. The van der Waals surface area contributed by atoms with Gasteiger partial charge in [0.05, 0.1) is 26.2 Å². The molecule has 5 heteroatoms. The lowest BCUT2D eigenvalue weighted by atomic mass is 10.1. The molecule has 0 fully saturated rings. The second kappa shape index (κ2) is 8.70. The second-order valence-electron chi connectivity index (χ2n) is 5.74. The molecule has 24 heavy (non-hydrogen) atoms. The predicted molar refractivity (Wildman–Crippen MR) is 91.7 cm³/mol. The molecule has 0 heterocycles. The van der Waals surface area contributed by atoms with Crippen LogP contribution in [0.25, 0.3) is 0 Å². The first kappa shape index (κ1) is 17.5. The van der Waals surface area contributed by atoms with Gasteiger partial charge in [-0.05, 0) is 12.1 Å². The van der Waals surface area contributed by atoms with Gasteiger partial charge in [-0.15, -0.1) is 0 Å². The summed E-state index contributed by atoms with van der Waals surface area (Å²) in [4.78, 5) is 13.3. The van der Waals surface area contributed by atoms with Gasteiger partial charge in [0.2, 0.25) is 0 Å². The number of hydrogen-bond donors (Lipinski definition) is 2. The van der Waals surface area contributed by atoms with Crippen molar-refractivity contribution in [1.82, 2.24) is 5.32 Å². The van der Waals surface area contributed by atoms with Crippen LogP contribution < -0.4 is 15.0 Å². The van der Waals surface area contributed by atoms with Gasteiger partial charge in [0.25, 0.3) is 5.91 Å². The number of quaternary nitrogens is 1. The van der Waals surface area contributed by atoms with Crippen molar-refractivity contribution < 1.29 is 14.4 Å². The Kier molecular flexibility index (Phi) is 6.35. The lowest BCUT2D eigenvalue weighted by Gasteiger charge is -2.22. The summed E-state index contributed by atoms with van der Waals surface area (Å²) >= 11 is 0. The van der Waals surface area contributed by atoms with Crippen LogP contribution in [-0.2, 0) is 4.79 Å². The molecule has 0 unspecified atom stereocenters. The third-order valence-electron chi connectivity index (χ3n) is 3.77. The number of carbonyl (C=O) groups excluding carboxylic acids is 1. The number of amides is 1. The van der Waals surface area contributed by atoms with E-state index in [2.05, 4.69) is 31.5 Å². The summed E-state index contributed by atoms with van der Waals surface area (Å²) in [5.41, 5.74) is 1.60. The van der Waals surface area contributed by atoms with Gasteiger partial charge in [-0.1, -0.05) is 42.5 Å². The highest BCUT2D eigenvalue weighted by Gasteiger charge is 2.18. The zero-order valence-electron chi connectivity index (χ0n) is 14.0. The highest BCUT2D eigenvalue weighted by atomic mass is 16.5.